The summed E-state index contributed by atoms with van der Waals surface area (Å²) in [6.45, 7) is 3.94. The van der Waals surface area contributed by atoms with Crippen molar-refractivity contribution in [1.82, 2.24) is 10.2 Å². The molecule has 102 valence electrons. The van der Waals surface area contributed by atoms with Gasteiger partial charge in [0.2, 0.25) is 0 Å². The fourth-order valence-corrected chi connectivity index (χ4v) is 2.97. The molecule has 0 aromatic carbocycles. The third kappa shape index (κ3) is 2.94. The van der Waals surface area contributed by atoms with Gasteiger partial charge in [0.15, 0.2) is 0 Å². The molecular formula is C13H24N4O. The average Bonchev–Trinajstić information content (AvgIpc) is 2.78. The van der Waals surface area contributed by atoms with Gasteiger partial charge in [0.1, 0.15) is 0 Å². The van der Waals surface area contributed by atoms with Gasteiger partial charge in [0, 0.05) is 25.0 Å². The molecule has 2 aliphatic rings. The maximum Gasteiger partial charge on any atom is 0.317 e. The van der Waals surface area contributed by atoms with Gasteiger partial charge in [-0.2, -0.15) is 0 Å². The molecule has 2 unspecified atom stereocenters. The summed E-state index contributed by atoms with van der Waals surface area (Å²) in [5.41, 5.74) is 5.58. The third-order valence-electron chi connectivity index (χ3n) is 4.30. The van der Waals surface area contributed by atoms with E-state index in [2.05, 4.69) is 12.2 Å². The summed E-state index contributed by atoms with van der Waals surface area (Å²) in [4.78, 5) is 14.0. The van der Waals surface area contributed by atoms with Crippen LogP contribution in [-0.2, 0) is 0 Å². The summed E-state index contributed by atoms with van der Waals surface area (Å²) in [5, 5.41) is 10.6. The van der Waals surface area contributed by atoms with Crippen molar-refractivity contribution in [1.29, 1.82) is 5.41 Å². The molecule has 2 atom stereocenters. The first-order valence-electron chi connectivity index (χ1n) is 6.97. The van der Waals surface area contributed by atoms with Crippen LogP contribution in [0.1, 0.15) is 39.0 Å². The molecule has 1 saturated heterocycles. The zero-order chi connectivity index (χ0) is 13.1. The quantitative estimate of drug-likeness (QED) is 0.514. The highest BCUT2D eigenvalue weighted by Crippen LogP contribution is 2.26. The summed E-state index contributed by atoms with van der Waals surface area (Å²) in [7, 11) is 0. The second kappa shape index (κ2) is 5.59. The number of hydrogen-bond acceptors (Lipinski definition) is 2. The number of urea groups is 1. The highest BCUT2D eigenvalue weighted by Gasteiger charge is 2.32. The zero-order valence-corrected chi connectivity index (χ0v) is 11.1. The predicted octanol–water partition coefficient (Wildman–Crippen LogP) is 1.53. The molecule has 5 nitrogen and oxygen atoms in total. The van der Waals surface area contributed by atoms with Crippen molar-refractivity contribution in [3.05, 3.63) is 0 Å². The fourth-order valence-electron chi connectivity index (χ4n) is 2.97. The van der Waals surface area contributed by atoms with Crippen LogP contribution >= 0.6 is 0 Å². The van der Waals surface area contributed by atoms with Crippen molar-refractivity contribution in [2.75, 3.05) is 13.1 Å². The molecule has 5 heteroatoms. The van der Waals surface area contributed by atoms with E-state index in [0.717, 1.165) is 51.1 Å². The maximum atomic E-state index is 12.1. The van der Waals surface area contributed by atoms with Crippen LogP contribution in [0, 0.1) is 17.2 Å². The van der Waals surface area contributed by atoms with Crippen LogP contribution in [0.25, 0.3) is 0 Å². The van der Waals surface area contributed by atoms with Crippen molar-refractivity contribution in [2.24, 2.45) is 17.6 Å². The Morgan fingerprint density at radius 3 is 2.56 bits per heavy atom. The highest BCUT2D eigenvalue weighted by molar-refractivity contribution is 5.82. The molecule has 0 bridgehead atoms. The van der Waals surface area contributed by atoms with Gasteiger partial charge >= 0.3 is 6.03 Å². The molecule has 1 aliphatic heterocycles. The normalized spacial score (nSPS) is 29.3. The number of nitrogens with one attached hydrogen (secondary N) is 2. The Morgan fingerprint density at radius 2 is 1.94 bits per heavy atom. The average molecular weight is 252 g/mol. The molecule has 0 radical (unpaired) electrons. The molecule has 1 saturated carbocycles. The molecule has 1 heterocycles. The Bertz CT molecular complexity index is 323. The number of carbonyl (C=O) groups is 1. The topological polar surface area (TPSA) is 82.2 Å². The first-order valence-corrected chi connectivity index (χ1v) is 6.97. The van der Waals surface area contributed by atoms with Gasteiger partial charge in [-0.15, -0.1) is 0 Å². The van der Waals surface area contributed by atoms with Gasteiger partial charge in [-0.1, -0.05) is 13.3 Å². The first kappa shape index (κ1) is 13.2. The number of piperidine rings is 1. The number of likely N-dealkylation sites (tertiary alicyclic amines) is 1. The van der Waals surface area contributed by atoms with E-state index in [1.54, 1.807) is 0 Å². The van der Waals surface area contributed by atoms with Crippen molar-refractivity contribution >= 4 is 11.9 Å². The SMILES string of the molecule is CC1CCN(C(=O)NC2CCCC2C(=N)N)CC1. The molecule has 0 spiro atoms. The van der Waals surface area contributed by atoms with E-state index in [1.165, 1.54) is 0 Å². The minimum Gasteiger partial charge on any atom is -0.387 e. The lowest BCUT2D eigenvalue weighted by Crippen LogP contribution is -2.50. The lowest BCUT2D eigenvalue weighted by atomic mass is 9.99. The highest BCUT2D eigenvalue weighted by atomic mass is 16.2. The molecule has 2 amide bonds. The number of carbonyl (C=O) groups excluding carboxylic acids is 1. The minimum absolute atomic E-state index is 0.0278. The van der Waals surface area contributed by atoms with Gasteiger partial charge in [0.05, 0.1) is 5.84 Å². The van der Waals surface area contributed by atoms with E-state index < -0.39 is 0 Å². The molecule has 0 aromatic heterocycles. The van der Waals surface area contributed by atoms with Crippen LogP contribution in [0.15, 0.2) is 0 Å². The van der Waals surface area contributed by atoms with Gasteiger partial charge in [0.25, 0.3) is 0 Å². The second-order valence-electron chi connectivity index (χ2n) is 5.72. The third-order valence-corrected chi connectivity index (χ3v) is 4.30. The van der Waals surface area contributed by atoms with Crippen molar-refractivity contribution in [3.8, 4) is 0 Å². The Labute approximate surface area is 109 Å². The molecule has 4 N–H and O–H groups in total. The smallest absolute Gasteiger partial charge is 0.317 e. The van der Waals surface area contributed by atoms with Crippen LogP contribution in [0.3, 0.4) is 0 Å². The fraction of sp³-hybridized carbons (Fsp3) is 0.846. The number of amidine groups is 1. The Balaban J connectivity index is 1.85. The van der Waals surface area contributed by atoms with Crippen LogP contribution in [0.5, 0.6) is 0 Å². The zero-order valence-electron chi connectivity index (χ0n) is 11.1. The van der Waals surface area contributed by atoms with Crippen LogP contribution < -0.4 is 11.1 Å². The van der Waals surface area contributed by atoms with E-state index >= 15 is 0 Å². The number of nitrogens with zero attached hydrogens (tertiary/aromatic N) is 1. The van der Waals surface area contributed by atoms with E-state index in [-0.39, 0.29) is 23.8 Å². The molecular weight excluding hydrogens is 228 g/mol. The predicted molar refractivity (Wildman–Crippen MR) is 71.5 cm³/mol. The Hall–Kier alpha value is -1.26. The number of rotatable bonds is 2. The van der Waals surface area contributed by atoms with Gasteiger partial charge in [-0.3, -0.25) is 5.41 Å². The van der Waals surface area contributed by atoms with E-state index in [9.17, 15) is 4.79 Å². The number of amides is 2. The number of nitrogens with two attached hydrogens (primary N) is 1. The lowest BCUT2D eigenvalue weighted by molar-refractivity contribution is 0.169. The summed E-state index contributed by atoms with van der Waals surface area (Å²) in [6.07, 6.45) is 5.10. The maximum absolute atomic E-state index is 12.1. The summed E-state index contributed by atoms with van der Waals surface area (Å²) < 4.78 is 0. The molecule has 1 aliphatic carbocycles. The minimum atomic E-state index is 0.0278. The van der Waals surface area contributed by atoms with Crippen LogP contribution in [0.4, 0.5) is 4.79 Å². The second-order valence-corrected chi connectivity index (χ2v) is 5.72. The molecule has 2 fully saturated rings. The summed E-state index contributed by atoms with van der Waals surface area (Å²) in [5.74, 6) is 0.980. The van der Waals surface area contributed by atoms with Gasteiger partial charge in [-0.05, 0) is 31.6 Å². The summed E-state index contributed by atoms with van der Waals surface area (Å²) in [6, 6.07) is 0.0920. The molecule has 0 aromatic rings. The van der Waals surface area contributed by atoms with Crippen molar-refractivity contribution in [2.45, 2.75) is 45.1 Å². The lowest BCUT2D eigenvalue weighted by Gasteiger charge is -2.32. The Kier molecular flexibility index (Phi) is 4.09. The largest absolute Gasteiger partial charge is 0.387 e. The monoisotopic (exact) mass is 252 g/mol. The Morgan fingerprint density at radius 1 is 1.28 bits per heavy atom. The van der Waals surface area contributed by atoms with E-state index in [0.29, 0.717) is 0 Å². The van der Waals surface area contributed by atoms with Gasteiger partial charge < -0.3 is 16.0 Å². The van der Waals surface area contributed by atoms with Crippen molar-refractivity contribution in [3.63, 3.8) is 0 Å². The number of hydrogen-bond donors (Lipinski definition) is 3. The van der Waals surface area contributed by atoms with Crippen LogP contribution in [0.2, 0.25) is 0 Å². The van der Waals surface area contributed by atoms with E-state index in [4.69, 9.17) is 11.1 Å². The standard InChI is InChI=1S/C13H24N4O/c1-9-5-7-17(8-6-9)13(18)16-11-4-2-3-10(11)12(14)15/h9-11H,2-8H2,1H3,(H3,14,15)(H,16,18). The van der Waals surface area contributed by atoms with Crippen molar-refractivity contribution < 1.29 is 4.79 Å². The van der Waals surface area contributed by atoms with Gasteiger partial charge in [-0.25, -0.2) is 4.79 Å². The first-order chi connectivity index (χ1) is 8.58. The molecule has 18 heavy (non-hydrogen) atoms. The summed E-state index contributed by atoms with van der Waals surface area (Å²) >= 11 is 0. The van der Waals surface area contributed by atoms with Crippen LogP contribution in [-0.4, -0.2) is 35.9 Å². The molecule has 2 rings (SSSR count). The van der Waals surface area contributed by atoms with E-state index in [1.807, 2.05) is 4.90 Å².